The van der Waals surface area contributed by atoms with Gasteiger partial charge in [-0.3, -0.25) is 4.79 Å². The topological polar surface area (TPSA) is 149 Å². The molecule has 1 rings (SSSR count). The number of unbranched alkanes of at least 4 members (excludes halogenated alkanes) is 55. The number of carbonyl (C=O) groups is 1. The molecule has 1 aliphatic heterocycles. The van der Waals surface area contributed by atoms with Crippen molar-refractivity contribution in [2.24, 2.45) is 0 Å². The molecule has 0 aromatic rings. The Labute approximate surface area is 516 Å². The zero-order valence-electron chi connectivity index (χ0n) is 55.5. The van der Waals surface area contributed by atoms with Crippen LogP contribution in [0.3, 0.4) is 0 Å². The zero-order chi connectivity index (χ0) is 60.0. The molecule has 1 fully saturated rings. The number of aliphatic hydroxyl groups excluding tert-OH is 5. The van der Waals surface area contributed by atoms with Gasteiger partial charge in [-0.2, -0.15) is 0 Å². The quantitative estimate of drug-likeness (QED) is 0.0261. The number of rotatable bonds is 67. The highest BCUT2D eigenvalue weighted by Crippen LogP contribution is 2.24. The van der Waals surface area contributed by atoms with Crippen molar-refractivity contribution in [3.8, 4) is 0 Å². The van der Waals surface area contributed by atoms with Crippen LogP contribution in [0.15, 0.2) is 12.2 Å². The molecule has 6 N–H and O–H groups in total. The third-order valence-corrected chi connectivity index (χ3v) is 18.4. The van der Waals surface area contributed by atoms with Crippen molar-refractivity contribution in [2.75, 3.05) is 13.2 Å². The molecule has 0 aromatic heterocycles. The molecule has 7 atom stereocenters. The van der Waals surface area contributed by atoms with Crippen LogP contribution in [0.1, 0.15) is 399 Å². The average Bonchev–Trinajstić information content (AvgIpc) is 3.61. The fourth-order valence-corrected chi connectivity index (χ4v) is 12.5. The Morgan fingerprint density at radius 2 is 0.675 bits per heavy atom. The summed E-state index contributed by atoms with van der Waals surface area (Å²) in [7, 11) is 0. The van der Waals surface area contributed by atoms with Crippen molar-refractivity contribution < 1.29 is 39.8 Å². The van der Waals surface area contributed by atoms with Crippen molar-refractivity contribution in [3.63, 3.8) is 0 Å². The summed E-state index contributed by atoms with van der Waals surface area (Å²) in [5.41, 5.74) is 0. The molecular formula is C74H145NO8. The van der Waals surface area contributed by atoms with E-state index in [2.05, 4.69) is 31.3 Å². The van der Waals surface area contributed by atoms with Crippen LogP contribution in [0.4, 0.5) is 0 Å². The second kappa shape index (κ2) is 63.9. The zero-order valence-corrected chi connectivity index (χ0v) is 55.5. The number of aliphatic hydroxyl groups is 5. The van der Waals surface area contributed by atoms with Crippen LogP contribution in [0.2, 0.25) is 0 Å². The Bertz CT molecular complexity index is 1320. The van der Waals surface area contributed by atoms with Gasteiger partial charge < -0.3 is 40.3 Å². The lowest BCUT2D eigenvalue weighted by molar-refractivity contribution is -0.302. The largest absolute Gasteiger partial charge is 0.394 e. The summed E-state index contributed by atoms with van der Waals surface area (Å²) >= 11 is 0. The number of hydrogen-bond donors (Lipinski definition) is 6. The van der Waals surface area contributed by atoms with E-state index >= 15 is 0 Å². The van der Waals surface area contributed by atoms with E-state index in [1.54, 1.807) is 0 Å². The Kier molecular flexibility index (Phi) is 61.6. The Balaban J connectivity index is 2.07. The average molecular weight is 1180 g/mol. The highest BCUT2D eigenvalue weighted by molar-refractivity contribution is 5.76. The fraction of sp³-hybridized carbons (Fsp3) is 0.959. The van der Waals surface area contributed by atoms with E-state index in [0.717, 1.165) is 38.5 Å². The fourth-order valence-electron chi connectivity index (χ4n) is 12.5. The van der Waals surface area contributed by atoms with E-state index in [9.17, 15) is 30.3 Å². The summed E-state index contributed by atoms with van der Waals surface area (Å²) in [6, 6.07) is -0.717. The van der Waals surface area contributed by atoms with Gasteiger partial charge in [0, 0.05) is 6.42 Å². The number of allylic oxidation sites excluding steroid dienone is 2. The SMILES string of the molecule is CCCCCCCCCC/C=C\CCCCCCCCCCCCCCCCCCCCCCCC(=O)NC(COC1OC(CO)C(O)C(O)C1O)C(O)CCCCCCCCCCCCCCCCCCCCCCCCCCCCC. The van der Waals surface area contributed by atoms with Crippen LogP contribution >= 0.6 is 0 Å². The first-order valence-corrected chi connectivity index (χ1v) is 37.4. The van der Waals surface area contributed by atoms with Gasteiger partial charge >= 0.3 is 0 Å². The molecule has 0 aliphatic carbocycles. The molecule has 83 heavy (non-hydrogen) atoms. The van der Waals surface area contributed by atoms with E-state index in [-0.39, 0.29) is 12.5 Å². The minimum Gasteiger partial charge on any atom is -0.394 e. The summed E-state index contributed by atoms with van der Waals surface area (Å²) in [5.74, 6) is -0.134. The van der Waals surface area contributed by atoms with E-state index in [0.29, 0.717) is 12.8 Å². The van der Waals surface area contributed by atoms with Gasteiger partial charge in [-0.15, -0.1) is 0 Å². The summed E-state index contributed by atoms with van der Waals surface area (Å²) < 4.78 is 11.4. The van der Waals surface area contributed by atoms with Crippen LogP contribution in [0.25, 0.3) is 0 Å². The van der Waals surface area contributed by atoms with Crippen molar-refractivity contribution in [1.29, 1.82) is 0 Å². The molecular weight excluding hydrogens is 1030 g/mol. The molecule has 9 heteroatoms. The Morgan fingerprint density at radius 1 is 0.398 bits per heavy atom. The van der Waals surface area contributed by atoms with Gasteiger partial charge in [0.1, 0.15) is 24.4 Å². The molecule has 7 unspecified atom stereocenters. The third-order valence-electron chi connectivity index (χ3n) is 18.4. The molecule has 494 valence electrons. The monoisotopic (exact) mass is 1180 g/mol. The summed E-state index contributed by atoms with van der Waals surface area (Å²) in [4.78, 5) is 13.2. The second-order valence-electron chi connectivity index (χ2n) is 26.5. The van der Waals surface area contributed by atoms with Gasteiger partial charge in [-0.25, -0.2) is 0 Å². The van der Waals surface area contributed by atoms with Crippen LogP contribution in [-0.2, 0) is 14.3 Å². The molecule has 1 aliphatic rings. The lowest BCUT2D eigenvalue weighted by atomic mass is 9.99. The number of nitrogens with one attached hydrogen (secondary N) is 1. The molecule has 0 aromatic carbocycles. The lowest BCUT2D eigenvalue weighted by Crippen LogP contribution is -2.60. The van der Waals surface area contributed by atoms with Crippen molar-refractivity contribution in [3.05, 3.63) is 12.2 Å². The smallest absolute Gasteiger partial charge is 0.220 e. The molecule has 0 bridgehead atoms. The van der Waals surface area contributed by atoms with E-state index in [1.165, 1.54) is 334 Å². The second-order valence-corrected chi connectivity index (χ2v) is 26.5. The normalized spacial score (nSPS) is 18.2. The highest BCUT2D eigenvalue weighted by Gasteiger charge is 2.44. The Morgan fingerprint density at radius 3 is 0.976 bits per heavy atom. The minimum absolute atomic E-state index is 0.131. The third kappa shape index (κ3) is 52.6. The van der Waals surface area contributed by atoms with Crippen molar-refractivity contribution >= 4 is 5.91 Å². The van der Waals surface area contributed by atoms with Gasteiger partial charge in [0.15, 0.2) is 6.29 Å². The van der Waals surface area contributed by atoms with Crippen LogP contribution < -0.4 is 5.32 Å². The number of ether oxygens (including phenoxy) is 2. The predicted octanol–water partition coefficient (Wildman–Crippen LogP) is 20.7. The molecule has 1 saturated heterocycles. The van der Waals surface area contributed by atoms with Crippen molar-refractivity contribution in [2.45, 2.75) is 442 Å². The number of carbonyl (C=O) groups excluding carboxylic acids is 1. The highest BCUT2D eigenvalue weighted by atomic mass is 16.7. The molecule has 1 amide bonds. The van der Waals surface area contributed by atoms with Gasteiger partial charge in [0.25, 0.3) is 0 Å². The van der Waals surface area contributed by atoms with Crippen LogP contribution in [0.5, 0.6) is 0 Å². The molecule has 0 spiro atoms. The van der Waals surface area contributed by atoms with E-state index in [1.807, 2.05) is 0 Å². The predicted molar refractivity (Wildman–Crippen MR) is 355 cm³/mol. The molecule has 0 saturated carbocycles. The lowest BCUT2D eigenvalue weighted by Gasteiger charge is -2.40. The maximum absolute atomic E-state index is 13.2. The maximum Gasteiger partial charge on any atom is 0.220 e. The number of amides is 1. The summed E-state index contributed by atoms with van der Waals surface area (Å²) in [6.07, 6.45) is 75.9. The van der Waals surface area contributed by atoms with E-state index < -0.39 is 49.5 Å². The van der Waals surface area contributed by atoms with E-state index in [4.69, 9.17) is 9.47 Å². The van der Waals surface area contributed by atoms with Crippen LogP contribution in [-0.4, -0.2) is 87.5 Å². The van der Waals surface area contributed by atoms with Gasteiger partial charge in [0.05, 0.1) is 25.4 Å². The molecule has 0 radical (unpaired) electrons. The molecule has 9 nitrogen and oxygen atoms in total. The summed E-state index contributed by atoms with van der Waals surface area (Å²) in [6.45, 7) is 3.91. The van der Waals surface area contributed by atoms with Gasteiger partial charge in [-0.05, 0) is 38.5 Å². The molecule has 1 heterocycles. The van der Waals surface area contributed by atoms with Gasteiger partial charge in [0.2, 0.25) is 5.91 Å². The maximum atomic E-state index is 13.2. The standard InChI is InChI=1S/C74H145NO8/c1-3-5-7-9-11-13-15-17-19-21-23-25-27-29-31-32-33-34-35-36-38-40-42-44-46-48-50-52-54-56-58-60-62-64-70(78)75-67(66-82-74-73(81)72(80)71(79)69(65-76)83-74)68(77)63-61-59-57-55-53-51-49-47-45-43-41-39-37-30-28-26-24-22-20-18-16-14-12-10-8-6-4-2/h21,23,67-69,71-74,76-77,79-81H,3-20,22,24-66H2,1-2H3,(H,75,78)/b23-21-. The first-order valence-electron chi connectivity index (χ1n) is 37.4. The van der Waals surface area contributed by atoms with Crippen molar-refractivity contribution in [1.82, 2.24) is 5.32 Å². The minimum atomic E-state index is -1.55. The van der Waals surface area contributed by atoms with Gasteiger partial charge in [-0.1, -0.05) is 366 Å². The first kappa shape index (κ1) is 79.9. The van der Waals surface area contributed by atoms with Crippen LogP contribution in [0, 0.1) is 0 Å². The Hall–Kier alpha value is -1.07. The first-order chi connectivity index (χ1) is 40.8. The summed E-state index contributed by atoms with van der Waals surface area (Å²) in [5, 5.41) is 55.0. The number of hydrogen-bond acceptors (Lipinski definition) is 8.